The summed E-state index contributed by atoms with van der Waals surface area (Å²) in [5.74, 6) is 0.112. The summed E-state index contributed by atoms with van der Waals surface area (Å²) in [5.41, 5.74) is 1.64. The molecular formula is C17H14N4O2S. The number of amides is 1. The summed E-state index contributed by atoms with van der Waals surface area (Å²) in [6, 6.07) is 11.2. The number of hydrogen-bond donors (Lipinski definition) is 1. The molecule has 3 heterocycles. The molecule has 0 radical (unpaired) electrons. The summed E-state index contributed by atoms with van der Waals surface area (Å²) in [6.07, 6.45) is 4.23. The zero-order chi connectivity index (χ0) is 16.4. The molecule has 0 fully saturated rings. The topological polar surface area (TPSA) is 73.0 Å². The van der Waals surface area contributed by atoms with Crippen LogP contribution in [-0.4, -0.2) is 27.2 Å². The molecule has 0 aliphatic heterocycles. The van der Waals surface area contributed by atoms with Crippen molar-refractivity contribution in [1.29, 1.82) is 0 Å². The number of rotatable bonds is 5. The molecule has 24 heavy (non-hydrogen) atoms. The van der Waals surface area contributed by atoms with Crippen LogP contribution in [0, 0.1) is 0 Å². The molecule has 6 nitrogen and oxygen atoms in total. The maximum Gasteiger partial charge on any atom is 0.287 e. The van der Waals surface area contributed by atoms with Gasteiger partial charge in [-0.2, -0.15) is 5.10 Å². The van der Waals surface area contributed by atoms with E-state index >= 15 is 0 Å². The van der Waals surface area contributed by atoms with Gasteiger partial charge in [0.2, 0.25) is 5.13 Å². The number of benzene rings is 1. The van der Waals surface area contributed by atoms with E-state index in [1.807, 2.05) is 41.9 Å². The van der Waals surface area contributed by atoms with Crippen LogP contribution in [0.2, 0.25) is 0 Å². The van der Waals surface area contributed by atoms with Gasteiger partial charge in [-0.15, -0.1) is 11.3 Å². The normalized spacial score (nSPS) is 11.0. The number of hydrogen-bond acceptors (Lipinski definition) is 5. The first-order chi connectivity index (χ1) is 11.8. The van der Waals surface area contributed by atoms with Gasteiger partial charge in [-0.05, 0) is 18.2 Å². The highest BCUT2D eigenvalue weighted by Crippen LogP contribution is 2.18. The number of aromatic nitrogens is 3. The fraction of sp³-hybridized carbons (Fsp3) is 0.118. The van der Waals surface area contributed by atoms with Crippen molar-refractivity contribution in [3.8, 4) is 5.13 Å². The predicted molar refractivity (Wildman–Crippen MR) is 91.5 cm³/mol. The van der Waals surface area contributed by atoms with Crippen molar-refractivity contribution < 1.29 is 9.21 Å². The molecule has 4 aromatic rings. The molecule has 0 saturated heterocycles. The summed E-state index contributed by atoms with van der Waals surface area (Å²) in [5, 5.41) is 10.7. The Balaban J connectivity index is 1.36. The second-order valence-electron chi connectivity index (χ2n) is 5.23. The van der Waals surface area contributed by atoms with Crippen molar-refractivity contribution in [1.82, 2.24) is 20.1 Å². The summed E-state index contributed by atoms with van der Waals surface area (Å²) >= 11 is 1.52. The molecule has 1 amide bonds. The standard InChI is InChI=1S/C17H14N4O2S/c22-16(15-10-12-4-1-2-5-14(12)23-15)18-8-6-13-11-24-17(20-13)21-9-3-7-19-21/h1-5,7,9-11H,6,8H2,(H,18,22). The number of furan rings is 1. The molecule has 0 spiro atoms. The average molecular weight is 338 g/mol. The van der Waals surface area contributed by atoms with E-state index in [-0.39, 0.29) is 5.91 Å². The van der Waals surface area contributed by atoms with Crippen molar-refractivity contribution in [2.75, 3.05) is 6.54 Å². The lowest BCUT2D eigenvalue weighted by Crippen LogP contribution is -2.25. The summed E-state index contributed by atoms with van der Waals surface area (Å²) in [6.45, 7) is 0.498. The Morgan fingerprint density at radius 3 is 3.04 bits per heavy atom. The third-order valence-corrected chi connectivity index (χ3v) is 4.44. The van der Waals surface area contributed by atoms with E-state index in [0.717, 1.165) is 16.2 Å². The molecule has 7 heteroatoms. The Morgan fingerprint density at radius 2 is 2.21 bits per heavy atom. The largest absolute Gasteiger partial charge is 0.451 e. The van der Waals surface area contributed by atoms with Gasteiger partial charge in [0.25, 0.3) is 5.91 Å². The van der Waals surface area contributed by atoms with Gasteiger partial charge in [0.1, 0.15) is 5.58 Å². The Bertz CT molecular complexity index is 938. The average Bonchev–Trinajstić information content (AvgIpc) is 3.33. The lowest BCUT2D eigenvalue weighted by atomic mass is 10.2. The predicted octanol–water partition coefficient (Wildman–Crippen LogP) is 3.05. The van der Waals surface area contributed by atoms with Gasteiger partial charge in [0.05, 0.1) is 5.69 Å². The second kappa shape index (κ2) is 6.29. The van der Waals surface area contributed by atoms with Crippen molar-refractivity contribution >= 4 is 28.2 Å². The van der Waals surface area contributed by atoms with Crippen LogP contribution in [0.15, 0.2) is 58.6 Å². The summed E-state index contributed by atoms with van der Waals surface area (Å²) < 4.78 is 7.27. The molecule has 0 unspecified atom stereocenters. The number of thiazole rings is 1. The minimum absolute atomic E-state index is 0.214. The van der Waals surface area contributed by atoms with Gasteiger partial charge in [0, 0.05) is 36.1 Å². The Kier molecular flexibility index (Phi) is 3.84. The van der Waals surface area contributed by atoms with E-state index < -0.39 is 0 Å². The molecule has 120 valence electrons. The molecule has 0 saturated carbocycles. The smallest absolute Gasteiger partial charge is 0.287 e. The first-order valence-electron chi connectivity index (χ1n) is 7.51. The van der Waals surface area contributed by atoms with Crippen LogP contribution < -0.4 is 5.32 Å². The maximum absolute atomic E-state index is 12.2. The fourth-order valence-electron chi connectivity index (χ4n) is 2.38. The van der Waals surface area contributed by atoms with Gasteiger partial charge in [-0.3, -0.25) is 4.79 Å². The maximum atomic E-state index is 12.2. The van der Waals surface area contributed by atoms with Crippen LogP contribution in [0.4, 0.5) is 0 Å². The zero-order valence-corrected chi connectivity index (χ0v) is 13.5. The van der Waals surface area contributed by atoms with Gasteiger partial charge in [0.15, 0.2) is 5.76 Å². The molecule has 0 aliphatic carbocycles. The number of fused-ring (bicyclic) bond motifs is 1. The molecule has 0 atom stereocenters. The quantitative estimate of drug-likeness (QED) is 0.607. The van der Waals surface area contributed by atoms with E-state index in [1.165, 1.54) is 11.3 Å². The lowest BCUT2D eigenvalue weighted by molar-refractivity contribution is 0.0928. The first kappa shape index (κ1) is 14.6. The summed E-state index contributed by atoms with van der Waals surface area (Å²) in [4.78, 5) is 16.7. The Morgan fingerprint density at radius 1 is 1.29 bits per heavy atom. The Hall–Kier alpha value is -2.93. The van der Waals surface area contributed by atoms with Gasteiger partial charge in [-0.1, -0.05) is 18.2 Å². The fourth-order valence-corrected chi connectivity index (χ4v) is 3.18. The van der Waals surface area contributed by atoms with Crippen molar-refractivity contribution in [2.24, 2.45) is 0 Å². The molecular weight excluding hydrogens is 324 g/mol. The minimum Gasteiger partial charge on any atom is -0.451 e. The third-order valence-electron chi connectivity index (χ3n) is 3.56. The van der Waals surface area contributed by atoms with Crippen molar-refractivity contribution in [2.45, 2.75) is 6.42 Å². The highest BCUT2D eigenvalue weighted by atomic mass is 32.1. The molecule has 4 rings (SSSR count). The van der Waals surface area contributed by atoms with Crippen LogP contribution in [0.3, 0.4) is 0 Å². The number of para-hydroxylation sites is 1. The van der Waals surface area contributed by atoms with E-state index in [2.05, 4.69) is 15.4 Å². The van der Waals surface area contributed by atoms with Crippen LogP contribution in [-0.2, 0) is 6.42 Å². The number of carbonyl (C=O) groups excluding carboxylic acids is 1. The van der Waals surface area contributed by atoms with Crippen LogP contribution in [0.1, 0.15) is 16.2 Å². The van der Waals surface area contributed by atoms with E-state index in [4.69, 9.17) is 4.42 Å². The van der Waals surface area contributed by atoms with E-state index in [0.29, 0.717) is 24.3 Å². The molecule has 1 N–H and O–H groups in total. The van der Waals surface area contributed by atoms with Gasteiger partial charge in [-0.25, -0.2) is 9.67 Å². The molecule has 0 bridgehead atoms. The second-order valence-corrected chi connectivity index (χ2v) is 6.06. The Labute approximate surface area is 141 Å². The molecule has 0 aliphatic rings. The van der Waals surface area contributed by atoms with Gasteiger partial charge < -0.3 is 9.73 Å². The SMILES string of the molecule is O=C(NCCc1csc(-n2cccn2)n1)c1cc2ccccc2o1. The van der Waals surface area contributed by atoms with E-state index in [9.17, 15) is 4.79 Å². The highest BCUT2D eigenvalue weighted by molar-refractivity contribution is 7.12. The van der Waals surface area contributed by atoms with Crippen LogP contribution in [0.5, 0.6) is 0 Å². The highest BCUT2D eigenvalue weighted by Gasteiger charge is 2.12. The van der Waals surface area contributed by atoms with Gasteiger partial charge >= 0.3 is 0 Å². The number of carbonyl (C=O) groups is 1. The van der Waals surface area contributed by atoms with Crippen LogP contribution in [0.25, 0.3) is 16.1 Å². The number of nitrogens with zero attached hydrogens (tertiary/aromatic N) is 3. The van der Waals surface area contributed by atoms with E-state index in [1.54, 1.807) is 16.9 Å². The number of nitrogens with one attached hydrogen (secondary N) is 1. The summed E-state index contributed by atoms with van der Waals surface area (Å²) in [7, 11) is 0. The van der Waals surface area contributed by atoms with Crippen molar-refractivity contribution in [3.63, 3.8) is 0 Å². The molecule has 1 aromatic carbocycles. The minimum atomic E-state index is -0.214. The van der Waals surface area contributed by atoms with Crippen LogP contribution >= 0.6 is 11.3 Å². The third kappa shape index (κ3) is 2.93. The molecule has 3 aromatic heterocycles. The lowest BCUT2D eigenvalue weighted by Gasteiger charge is -2.01. The monoisotopic (exact) mass is 338 g/mol. The first-order valence-corrected chi connectivity index (χ1v) is 8.39. The van der Waals surface area contributed by atoms with Crippen molar-refractivity contribution in [3.05, 3.63) is 65.6 Å². The zero-order valence-electron chi connectivity index (χ0n) is 12.7.